The number of aromatic nitrogens is 1. The molecule has 1 heterocycles. The summed E-state index contributed by atoms with van der Waals surface area (Å²) in [5.74, 6) is -0.152. The maximum absolute atomic E-state index is 13.4. The number of halogens is 2. The van der Waals surface area contributed by atoms with Crippen LogP contribution in [0.5, 0.6) is 11.6 Å². The maximum atomic E-state index is 13.4. The Morgan fingerprint density at radius 2 is 2.12 bits per heavy atom. The fraction of sp³-hybridized carbons (Fsp3) is 0. The first-order chi connectivity index (χ1) is 8.19. The van der Waals surface area contributed by atoms with E-state index in [0.29, 0.717) is 10.0 Å². The predicted octanol–water partition coefficient (Wildman–Crippen LogP) is 3.65. The van der Waals surface area contributed by atoms with Gasteiger partial charge in [0.25, 0.3) is 0 Å². The summed E-state index contributed by atoms with van der Waals surface area (Å²) in [4.78, 5) is 3.89. The third kappa shape index (κ3) is 2.80. The second-order valence-corrected chi connectivity index (χ2v) is 4.09. The Morgan fingerprint density at radius 3 is 2.71 bits per heavy atom. The predicted molar refractivity (Wildman–Crippen MR) is 63.1 cm³/mol. The highest BCUT2D eigenvalue weighted by molar-refractivity contribution is 9.10. The Hall–Kier alpha value is -1.93. The topological polar surface area (TPSA) is 45.9 Å². The van der Waals surface area contributed by atoms with Gasteiger partial charge in [-0.3, -0.25) is 0 Å². The van der Waals surface area contributed by atoms with Gasteiger partial charge in [0.2, 0.25) is 5.88 Å². The zero-order valence-electron chi connectivity index (χ0n) is 8.52. The second-order valence-electron chi connectivity index (χ2n) is 3.17. The van der Waals surface area contributed by atoms with E-state index in [1.54, 1.807) is 12.1 Å². The largest absolute Gasteiger partial charge is 0.436 e. The summed E-state index contributed by atoms with van der Waals surface area (Å²) in [7, 11) is 0. The minimum atomic E-state index is -0.481. The van der Waals surface area contributed by atoms with E-state index in [9.17, 15) is 4.39 Å². The molecule has 0 saturated heterocycles. The Labute approximate surface area is 106 Å². The van der Waals surface area contributed by atoms with Gasteiger partial charge in [0.1, 0.15) is 6.07 Å². The van der Waals surface area contributed by atoms with Gasteiger partial charge in [0, 0.05) is 16.7 Å². The summed E-state index contributed by atoms with van der Waals surface area (Å²) in [6.45, 7) is 0. The van der Waals surface area contributed by atoms with Crippen molar-refractivity contribution in [2.45, 2.75) is 0 Å². The fourth-order valence-corrected chi connectivity index (χ4v) is 1.51. The molecule has 17 heavy (non-hydrogen) atoms. The molecule has 2 rings (SSSR count). The summed E-state index contributed by atoms with van der Waals surface area (Å²) in [6.07, 6.45) is 1.37. The van der Waals surface area contributed by atoms with Crippen LogP contribution in [0, 0.1) is 17.1 Å². The first-order valence-corrected chi connectivity index (χ1v) is 5.47. The van der Waals surface area contributed by atoms with Gasteiger partial charge >= 0.3 is 0 Å². The van der Waals surface area contributed by atoms with E-state index in [4.69, 9.17) is 10.00 Å². The van der Waals surface area contributed by atoms with Crippen LogP contribution in [-0.4, -0.2) is 4.98 Å². The highest BCUT2D eigenvalue weighted by Gasteiger charge is 2.06. The lowest BCUT2D eigenvalue weighted by Gasteiger charge is -2.05. The van der Waals surface area contributed by atoms with Gasteiger partial charge in [-0.05, 0) is 24.3 Å². The summed E-state index contributed by atoms with van der Waals surface area (Å²) >= 11 is 3.15. The molecule has 0 aliphatic heterocycles. The van der Waals surface area contributed by atoms with Crippen molar-refractivity contribution in [2.24, 2.45) is 0 Å². The lowest BCUT2D eigenvalue weighted by molar-refractivity contribution is 0.427. The van der Waals surface area contributed by atoms with E-state index in [1.807, 2.05) is 6.07 Å². The standard InChI is InChI=1S/C12H6BrFN2O/c13-9-2-3-11(10(14)5-9)17-12-4-1-8(6-15)7-16-12/h1-5,7H. The molecule has 84 valence electrons. The van der Waals surface area contributed by atoms with Crippen LogP contribution in [0.2, 0.25) is 0 Å². The molecule has 2 aromatic rings. The zero-order chi connectivity index (χ0) is 12.3. The average molecular weight is 293 g/mol. The Morgan fingerprint density at radius 1 is 1.29 bits per heavy atom. The molecule has 1 aromatic heterocycles. The Bertz CT molecular complexity index is 578. The van der Waals surface area contributed by atoms with Crippen molar-refractivity contribution in [1.29, 1.82) is 5.26 Å². The van der Waals surface area contributed by atoms with Crippen molar-refractivity contribution in [2.75, 3.05) is 0 Å². The van der Waals surface area contributed by atoms with E-state index in [-0.39, 0.29) is 11.6 Å². The number of pyridine rings is 1. The molecule has 0 spiro atoms. The zero-order valence-corrected chi connectivity index (χ0v) is 10.1. The van der Waals surface area contributed by atoms with Crippen molar-refractivity contribution in [3.05, 3.63) is 52.4 Å². The Kier molecular flexibility index (Phi) is 3.35. The molecule has 1 aromatic carbocycles. The van der Waals surface area contributed by atoms with Gasteiger partial charge in [-0.2, -0.15) is 5.26 Å². The molecule has 0 aliphatic carbocycles. The van der Waals surface area contributed by atoms with E-state index in [2.05, 4.69) is 20.9 Å². The minimum absolute atomic E-state index is 0.0883. The van der Waals surface area contributed by atoms with Crippen molar-refractivity contribution in [3.63, 3.8) is 0 Å². The van der Waals surface area contributed by atoms with E-state index in [1.165, 1.54) is 24.4 Å². The summed E-state index contributed by atoms with van der Waals surface area (Å²) in [5.41, 5.74) is 0.425. The first-order valence-electron chi connectivity index (χ1n) is 4.68. The van der Waals surface area contributed by atoms with Crippen LogP contribution in [0.1, 0.15) is 5.56 Å². The normalized spacial score (nSPS) is 9.71. The third-order valence-corrected chi connectivity index (χ3v) is 2.47. The van der Waals surface area contributed by atoms with Gasteiger partial charge in [0.15, 0.2) is 11.6 Å². The molecule has 0 amide bonds. The van der Waals surface area contributed by atoms with Crippen molar-refractivity contribution >= 4 is 15.9 Å². The van der Waals surface area contributed by atoms with E-state index < -0.39 is 5.82 Å². The number of hydrogen-bond donors (Lipinski definition) is 0. The quantitative estimate of drug-likeness (QED) is 0.849. The van der Waals surface area contributed by atoms with Crippen LogP contribution < -0.4 is 4.74 Å². The molecule has 0 bridgehead atoms. The number of hydrogen-bond acceptors (Lipinski definition) is 3. The highest BCUT2D eigenvalue weighted by atomic mass is 79.9. The number of nitriles is 1. The first kappa shape index (κ1) is 11.6. The number of ether oxygens (including phenoxy) is 1. The van der Waals surface area contributed by atoms with Crippen LogP contribution in [0.3, 0.4) is 0 Å². The van der Waals surface area contributed by atoms with Crippen LogP contribution in [-0.2, 0) is 0 Å². The molecule has 0 unspecified atom stereocenters. The van der Waals surface area contributed by atoms with Crippen molar-refractivity contribution < 1.29 is 9.13 Å². The molecule has 0 atom stereocenters. The molecule has 0 aliphatic rings. The van der Waals surface area contributed by atoms with Crippen molar-refractivity contribution in [3.8, 4) is 17.7 Å². The third-order valence-electron chi connectivity index (χ3n) is 1.97. The molecule has 0 saturated carbocycles. The van der Waals surface area contributed by atoms with Crippen LogP contribution in [0.15, 0.2) is 41.0 Å². The fourth-order valence-electron chi connectivity index (χ4n) is 1.18. The number of rotatable bonds is 2. The molecular weight excluding hydrogens is 287 g/mol. The summed E-state index contributed by atoms with van der Waals surface area (Å²) < 4.78 is 19.3. The van der Waals surface area contributed by atoms with Gasteiger partial charge in [-0.25, -0.2) is 9.37 Å². The van der Waals surface area contributed by atoms with Crippen LogP contribution in [0.4, 0.5) is 4.39 Å². The van der Waals surface area contributed by atoms with Gasteiger partial charge in [-0.1, -0.05) is 15.9 Å². The summed E-state index contributed by atoms with van der Waals surface area (Å²) in [6, 6.07) is 9.48. The lowest BCUT2D eigenvalue weighted by atomic mass is 10.3. The van der Waals surface area contributed by atoms with Crippen molar-refractivity contribution in [1.82, 2.24) is 4.98 Å². The molecule has 3 nitrogen and oxygen atoms in total. The molecule has 0 radical (unpaired) electrons. The molecule has 0 N–H and O–H groups in total. The van der Waals surface area contributed by atoms with Gasteiger partial charge in [0.05, 0.1) is 5.56 Å². The second kappa shape index (κ2) is 4.93. The highest BCUT2D eigenvalue weighted by Crippen LogP contribution is 2.25. The maximum Gasteiger partial charge on any atom is 0.219 e. The van der Waals surface area contributed by atoms with E-state index >= 15 is 0 Å². The summed E-state index contributed by atoms with van der Waals surface area (Å²) in [5, 5.41) is 8.60. The smallest absolute Gasteiger partial charge is 0.219 e. The number of benzene rings is 1. The van der Waals surface area contributed by atoms with Gasteiger partial charge < -0.3 is 4.74 Å². The molecule has 5 heteroatoms. The lowest BCUT2D eigenvalue weighted by Crippen LogP contribution is -1.91. The molecular formula is C12H6BrFN2O. The van der Waals surface area contributed by atoms with Crippen LogP contribution >= 0.6 is 15.9 Å². The van der Waals surface area contributed by atoms with E-state index in [0.717, 1.165) is 0 Å². The SMILES string of the molecule is N#Cc1ccc(Oc2ccc(Br)cc2F)nc1. The average Bonchev–Trinajstić information content (AvgIpc) is 2.34. The monoisotopic (exact) mass is 292 g/mol. The Balaban J connectivity index is 2.23. The van der Waals surface area contributed by atoms with Gasteiger partial charge in [-0.15, -0.1) is 0 Å². The van der Waals surface area contributed by atoms with Crippen LogP contribution in [0.25, 0.3) is 0 Å². The molecule has 0 fully saturated rings. The number of nitrogens with zero attached hydrogens (tertiary/aromatic N) is 2. The minimum Gasteiger partial charge on any atom is -0.436 e.